The van der Waals surface area contributed by atoms with Crippen molar-refractivity contribution in [3.63, 3.8) is 0 Å². The molecule has 2 heterocycles. The van der Waals surface area contributed by atoms with Crippen LogP contribution in [0, 0.1) is 11.8 Å². The van der Waals surface area contributed by atoms with E-state index in [1.54, 1.807) is 0 Å². The molecule has 1 aromatic rings. The van der Waals surface area contributed by atoms with E-state index in [1.807, 2.05) is 30.3 Å². The summed E-state index contributed by atoms with van der Waals surface area (Å²) in [7, 11) is 0. The number of esters is 1. The molecule has 4 rings (SSSR count). The minimum absolute atomic E-state index is 0.0422. The van der Waals surface area contributed by atoms with Crippen molar-refractivity contribution < 1.29 is 19.0 Å². The van der Waals surface area contributed by atoms with Gasteiger partial charge in [-0.15, -0.1) is 0 Å². The normalized spacial score (nSPS) is 40.6. The van der Waals surface area contributed by atoms with Crippen LogP contribution in [0.1, 0.15) is 24.7 Å². The van der Waals surface area contributed by atoms with Crippen molar-refractivity contribution in [1.29, 1.82) is 0 Å². The molecule has 3 fully saturated rings. The molecule has 0 bridgehead atoms. The van der Waals surface area contributed by atoms with E-state index >= 15 is 0 Å². The molecule has 4 nitrogen and oxygen atoms in total. The van der Waals surface area contributed by atoms with E-state index in [0.29, 0.717) is 18.9 Å². The molecule has 0 radical (unpaired) electrons. The van der Waals surface area contributed by atoms with Crippen LogP contribution in [0.15, 0.2) is 30.3 Å². The molecule has 3 aliphatic rings. The van der Waals surface area contributed by atoms with Crippen LogP contribution >= 0.6 is 0 Å². The lowest BCUT2D eigenvalue weighted by atomic mass is 9.92. The van der Waals surface area contributed by atoms with Crippen LogP contribution in [0.4, 0.5) is 0 Å². The molecule has 100 valence electrons. The van der Waals surface area contributed by atoms with E-state index < -0.39 is 0 Å². The number of hydrogen-bond acceptors (Lipinski definition) is 4. The molecule has 2 saturated heterocycles. The number of ether oxygens (including phenoxy) is 3. The van der Waals surface area contributed by atoms with Crippen LogP contribution in [-0.2, 0) is 19.0 Å². The van der Waals surface area contributed by atoms with Crippen molar-refractivity contribution in [2.45, 2.75) is 31.3 Å². The number of carbonyl (C=O) groups excluding carboxylic acids is 1. The van der Waals surface area contributed by atoms with Crippen molar-refractivity contribution in [1.82, 2.24) is 0 Å². The Hall–Kier alpha value is -1.39. The molecule has 5 atom stereocenters. The highest BCUT2D eigenvalue weighted by atomic mass is 16.7. The van der Waals surface area contributed by atoms with Gasteiger partial charge in [-0.2, -0.15) is 0 Å². The first kappa shape index (κ1) is 11.4. The summed E-state index contributed by atoms with van der Waals surface area (Å²) in [5.41, 5.74) is 1.05. The lowest BCUT2D eigenvalue weighted by Crippen LogP contribution is -2.35. The van der Waals surface area contributed by atoms with E-state index in [2.05, 4.69) is 0 Å². The van der Waals surface area contributed by atoms with Crippen LogP contribution in [-0.4, -0.2) is 24.8 Å². The highest BCUT2D eigenvalue weighted by Crippen LogP contribution is 2.46. The monoisotopic (exact) mass is 260 g/mol. The van der Waals surface area contributed by atoms with Gasteiger partial charge in [0.1, 0.15) is 6.10 Å². The van der Waals surface area contributed by atoms with Crippen LogP contribution in [0.2, 0.25) is 0 Å². The minimum Gasteiger partial charge on any atom is -0.462 e. The molecule has 19 heavy (non-hydrogen) atoms. The van der Waals surface area contributed by atoms with E-state index in [4.69, 9.17) is 14.2 Å². The van der Waals surface area contributed by atoms with Crippen molar-refractivity contribution in [3.8, 4) is 0 Å². The van der Waals surface area contributed by atoms with Crippen molar-refractivity contribution in [2.75, 3.05) is 6.61 Å². The van der Waals surface area contributed by atoms with Crippen LogP contribution < -0.4 is 0 Å². The fourth-order valence-corrected chi connectivity index (χ4v) is 3.53. The fraction of sp³-hybridized carbons (Fsp3) is 0.533. The summed E-state index contributed by atoms with van der Waals surface area (Å²) in [5, 5.41) is 0. The molecule has 0 N–H and O–H groups in total. The first-order chi connectivity index (χ1) is 9.31. The number of hydrogen-bond donors (Lipinski definition) is 0. The summed E-state index contributed by atoms with van der Waals surface area (Å²) in [4.78, 5) is 11.3. The molecule has 0 spiro atoms. The third kappa shape index (κ3) is 1.86. The average molecular weight is 260 g/mol. The molecule has 1 aliphatic carbocycles. The zero-order valence-corrected chi connectivity index (χ0v) is 10.5. The quantitative estimate of drug-likeness (QED) is 0.725. The van der Waals surface area contributed by atoms with Crippen molar-refractivity contribution in [3.05, 3.63) is 35.9 Å². The maximum Gasteiger partial charge on any atom is 0.306 e. The van der Waals surface area contributed by atoms with Gasteiger partial charge in [0.2, 0.25) is 0 Å². The lowest BCUT2D eigenvalue weighted by Gasteiger charge is -2.34. The number of carbonyl (C=O) groups is 1. The summed E-state index contributed by atoms with van der Waals surface area (Å²) in [5.74, 6) is 0.518. The second-order valence-corrected chi connectivity index (χ2v) is 5.55. The number of benzene rings is 1. The molecule has 2 aliphatic heterocycles. The fourth-order valence-electron chi connectivity index (χ4n) is 3.53. The van der Waals surface area contributed by atoms with E-state index in [9.17, 15) is 4.79 Å². The van der Waals surface area contributed by atoms with Gasteiger partial charge in [-0.1, -0.05) is 30.3 Å². The van der Waals surface area contributed by atoms with Gasteiger partial charge in [-0.05, 0) is 0 Å². The summed E-state index contributed by atoms with van der Waals surface area (Å²) in [6.07, 6.45) is 1.25. The predicted octanol–water partition coefficient (Wildman–Crippen LogP) is 2.05. The molecular weight excluding hydrogens is 244 g/mol. The molecule has 4 heteroatoms. The van der Waals surface area contributed by atoms with Gasteiger partial charge in [-0.25, -0.2) is 0 Å². The predicted molar refractivity (Wildman–Crippen MR) is 66.1 cm³/mol. The van der Waals surface area contributed by atoms with E-state index in [0.717, 1.165) is 12.0 Å². The standard InChI is InChI=1S/C15H16O4/c16-14-6-10-11-8-17-15(9-4-2-1-3-5-9)19-13(11)7-12(10)18-14/h1-5,10-13,15H,6-8H2/t10-,11+,12+,13-,15+/m0/s1. The van der Waals surface area contributed by atoms with Gasteiger partial charge >= 0.3 is 5.97 Å². The van der Waals surface area contributed by atoms with Crippen LogP contribution in [0.3, 0.4) is 0 Å². The topological polar surface area (TPSA) is 44.8 Å². The van der Waals surface area contributed by atoms with Gasteiger partial charge in [0, 0.05) is 23.8 Å². The molecule has 1 aromatic carbocycles. The largest absolute Gasteiger partial charge is 0.462 e. The zero-order valence-electron chi connectivity index (χ0n) is 10.5. The van der Waals surface area contributed by atoms with Crippen molar-refractivity contribution in [2.24, 2.45) is 11.8 Å². The van der Waals surface area contributed by atoms with Gasteiger partial charge in [0.15, 0.2) is 6.29 Å². The van der Waals surface area contributed by atoms with Crippen molar-refractivity contribution >= 4 is 5.97 Å². The first-order valence-electron chi connectivity index (χ1n) is 6.83. The van der Waals surface area contributed by atoms with Crippen LogP contribution in [0.5, 0.6) is 0 Å². The SMILES string of the molecule is O=C1C[C@H]2[C@H]3CO[C@@H](c4ccccc4)O[C@H]3C[C@H]2O1. The highest BCUT2D eigenvalue weighted by Gasteiger charge is 2.53. The van der Waals surface area contributed by atoms with Crippen LogP contribution in [0.25, 0.3) is 0 Å². The lowest BCUT2D eigenvalue weighted by molar-refractivity contribution is -0.238. The van der Waals surface area contributed by atoms with E-state index in [1.165, 1.54) is 0 Å². The molecule has 1 saturated carbocycles. The average Bonchev–Trinajstić information content (AvgIpc) is 2.95. The Morgan fingerprint density at radius 2 is 1.89 bits per heavy atom. The van der Waals surface area contributed by atoms with Gasteiger partial charge in [0.05, 0.1) is 19.1 Å². The molecular formula is C15H16O4. The van der Waals surface area contributed by atoms with Gasteiger partial charge in [0.25, 0.3) is 0 Å². The summed E-state index contributed by atoms with van der Waals surface area (Å²) >= 11 is 0. The van der Waals surface area contributed by atoms with Gasteiger partial charge in [-0.3, -0.25) is 4.79 Å². The Morgan fingerprint density at radius 3 is 2.74 bits per heavy atom. The minimum atomic E-state index is -0.281. The third-order valence-electron chi connectivity index (χ3n) is 4.47. The Balaban J connectivity index is 1.50. The summed E-state index contributed by atoms with van der Waals surface area (Å²) in [6, 6.07) is 9.98. The summed E-state index contributed by atoms with van der Waals surface area (Å²) < 4.78 is 17.2. The summed E-state index contributed by atoms with van der Waals surface area (Å²) in [6.45, 7) is 0.655. The second kappa shape index (κ2) is 4.32. The second-order valence-electron chi connectivity index (χ2n) is 5.55. The number of rotatable bonds is 1. The Bertz CT molecular complexity index is 486. The maximum atomic E-state index is 11.3. The molecule has 0 unspecified atom stereocenters. The Labute approximate surface area is 111 Å². The highest BCUT2D eigenvalue weighted by molar-refractivity contribution is 5.72. The molecule has 0 aromatic heterocycles. The van der Waals surface area contributed by atoms with E-state index in [-0.39, 0.29) is 30.4 Å². The smallest absolute Gasteiger partial charge is 0.306 e. The third-order valence-corrected chi connectivity index (χ3v) is 4.47. The Kier molecular flexibility index (Phi) is 2.60. The molecule has 0 amide bonds. The first-order valence-corrected chi connectivity index (χ1v) is 6.83. The maximum absolute atomic E-state index is 11.3. The Morgan fingerprint density at radius 1 is 1.05 bits per heavy atom. The van der Waals surface area contributed by atoms with Gasteiger partial charge < -0.3 is 14.2 Å². The number of fused-ring (bicyclic) bond motifs is 3. The zero-order chi connectivity index (χ0) is 12.8.